The molecular weight excluding hydrogens is 404 g/mol. The van der Waals surface area contributed by atoms with Crippen LogP contribution in [-0.4, -0.2) is 32.6 Å². The zero-order valence-electron chi connectivity index (χ0n) is 16.3. The Kier molecular flexibility index (Phi) is 6.74. The van der Waals surface area contributed by atoms with E-state index in [1.54, 1.807) is 0 Å². The summed E-state index contributed by atoms with van der Waals surface area (Å²) < 4.78 is 8.61. The van der Waals surface area contributed by atoms with E-state index >= 15 is 0 Å². The molecule has 1 aliphatic rings. The van der Waals surface area contributed by atoms with Gasteiger partial charge in [-0.2, -0.15) is 8.75 Å². The molecule has 152 valence electrons. The number of piperidine rings is 1. The van der Waals surface area contributed by atoms with Crippen LogP contribution in [0.25, 0.3) is 11.0 Å². The molecule has 1 unspecified atom stereocenters. The first-order valence-corrected chi connectivity index (χ1v) is 11.2. The molecule has 1 aromatic heterocycles. The molecule has 0 saturated carbocycles. The number of hydrogen-bond acceptors (Lipinski definition) is 5. The zero-order valence-corrected chi connectivity index (χ0v) is 17.9. The van der Waals surface area contributed by atoms with Crippen molar-refractivity contribution in [2.24, 2.45) is 5.92 Å². The molecule has 1 amide bonds. The number of rotatable bonds is 7. The number of benzene rings is 2. The third-order valence-electron chi connectivity index (χ3n) is 5.54. The highest BCUT2D eigenvalue weighted by molar-refractivity contribution is 7.00. The molecule has 1 saturated heterocycles. The summed E-state index contributed by atoms with van der Waals surface area (Å²) in [6.07, 6.45) is 3.88. The minimum atomic E-state index is 0.100. The predicted octanol–water partition coefficient (Wildman–Crippen LogP) is 4.65. The Hall–Kier alpha value is -2.02. The molecule has 5 nitrogen and oxygen atoms in total. The highest BCUT2D eigenvalue weighted by atomic mass is 35.5. The Labute approximate surface area is 180 Å². The number of fused-ring (bicyclic) bond motifs is 1. The van der Waals surface area contributed by atoms with E-state index in [9.17, 15) is 4.79 Å². The molecule has 1 fully saturated rings. The van der Waals surface area contributed by atoms with Crippen LogP contribution >= 0.6 is 23.3 Å². The predicted molar refractivity (Wildman–Crippen MR) is 118 cm³/mol. The third-order valence-corrected chi connectivity index (χ3v) is 6.47. The van der Waals surface area contributed by atoms with Gasteiger partial charge in [-0.25, -0.2) is 0 Å². The highest BCUT2D eigenvalue weighted by Crippen LogP contribution is 2.23. The molecule has 1 N–H and O–H groups in total. The van der Waals surface area contributed by atoms with E-state index in [4.69, 9.17) is 11.6 Å². The average Bonchev–Trinajstić information content (AvgIpc) is 3.20. The number of nitrogens with one attached hydrogen (secondary N) is 1. The zero-order chi connectivity index (χ0) is 20.1. The van der Waals surface area contributed by atoms with Gasteiger partial charge in [0.05, 0.1) is 11.7 Å². The van der Waals surface area contributed by atoms with Crippen molar-refractivity contribution in [3.8, 4) is 0 Å². The largest absolute Gasteiger partial charge is 0.352 e. The first-order chi connectivity index (χ1) is 14.2. The molecule has 3 aromatic rings. The number of aromatic nitrogens is 2. The summed E-state index contributed by atoms with van der Waals surface area (Å²) in [5.74, 6) is 0.669. The van der Waals surface area contributed by atoms with Gasteiger partial charge in [-0.1, -0.05) is 35.9 Å². The van der Waals surface area contributed by atoms with Gasteiger partial charge in [0.15, 0.2) is 0 Å². The molecular formula is C22H25ClN4OS. The summed E-state index contributed by atoms with van der Waals surface area (Å²) in [6, 6.07) is 14.0. The van der Waals surface area contributed by atoms with E-state index in [2.05, 4.69) is 37.2 Å². The van der Waals surface area contributed by atoms with Crippen molar-refractivity contribution in [1.82, 2.24) is 19.0 Å². The maximum Gasteiger partial charge on any atom is 0.220 e. The van der Waals surface area contributed by atoms with Crippen molar-refractivity contribution in [2.45, 2.75) is 38.8 Å². The van der Waals surface area contributed by atoms with Gasteiger partial charge in [0.2, 0.25) is 5.91 Å². The van der Waals surface area contributed by atoms with Crippen molar-refractivity contribution in [2.75, 3.05) is 13.1 Å². The fourth-order valence-corrected chi connectivity index (χ4v) is 4.69. The molecule has 0 spiro atoms. The van der Waals surface area contributed by atoms with Gasteiger partial charge in [-0.05, 0) is 61.1 Å². The van der Waals surface area contributed by atoms with Crippen molar-refractivity contribution in [1.29, 1.82) is 0 Å². The second kappa shape index (κ2) is 9.65. The fraction of sp³-hybridized carbons (Fsp3) is 0.409. The van der Waals surface area contributed by atoms with Crippen LogP contribution in [0.15, 0.2) is 42.5 Å². The van der Waals surface area contributed by atoms with Gasteiger partial charge in [-0.15, -0.1) is 0 Å². The van der Waals surface area contributed by atoms with E-state index in [-0.39, 0.29) is 5.91 Å². The van der Waals surface area contributed by atoms with Crippen LogP contribution in [0.1, 0.15) is 36.8 Å². The quantitative estimate of drug-likeness (QED) is 0.594. The van der Waals surface area contributed by atoms with E-state index in [1.165, 1.54) is 30.1 Å². The Balaban J connectivity index is 1.23. The SMILES string of the molecule is O=C(CCC1CCCN(Cc2ccc3nsnc3c2)C1)NCc1ccccc1Cl. The van der Waals surface area contributed by atoms with E-state index < -0.39 is 0 Å². The van der Waals surface area contributed by atoms with Crippen LogP contribution in [0.3, 0.4) is 0 Å². The maximum absolute atomic E-state index is 12.3. The second-order valence-electron chi connectivity index (χ2n) is 7.74. The minimum Gasteiger partial charge on any atom is -0.352 e. The minimum absolute atomic E-state index is 0.100. The summed E-state index contributed by atoms with van der Waals surface area (Å²) in [5.41, 5.74) is 4.19. The average molecular weight is 429 g/mol. The Morgan fingerprint density at radius 2 is 2.07 bits per heavy atom. The van der Waals surface area contributed by atoms with Gasteiger partial charge >= 0.3 is 0 Å². The first kappa shape index (κ1) is 20.3. The lowest BCUT2D eigenvalue weighted by Gasteiger charge is -2.32. The number of carbonyl (C=O) groups excluding carboxylic acids is 1. The van der Waals surface area contributed by atoms with Crippen LogP contribution in [0.2, 0.25) is 5.02 Å². The van der Waals surface area contributed by atoms with Crippen molar-refractivity contribution >= 4 is 40.3 Å². The van der Waals surface area contributed by atoms with Crippen LogP contribution in [0.5, 0.6) is 0 Å². The van der Waals surface area contributed by atoms with Gasteiger partial charge in [-0.3, -0.25) is 9.69 Å². The number of carbonyl (C=O) groups is 1. The standard InChI is InChI=1S/C22H25ClN4OS/c23-19-6-2-1-5-18(19)13-24-22(28)10-8-16-4-3-11-27(14-16)15-17-7-9-20-21(12-17)26-29-25-20/h1-2,5-7,9,12,16H,3-4,8,10-11,13-15H2,(H,24,28). The number of hydrogen-bond donors (Lipinski definition) is 1. The summed E-state index contributed by atoms with van der Waals surface area (Å²) in [7, 11) is 0. The molecule has 2 aromatic carbocycles. The fourth-order valence-electron chi connectivity index (χ4n) is 3.97. The summed E-state index contributed by atoms with van der Waals surface area (Å²) in [6.45, 7) is 3.58. The number of amides is 1. The van der Waals surface area contributed by atoms with Crippen LogP contribution in [0.4, 0.5) is 0 Å². The Morgan fingerprint density at radius 3 is 2.97 bits per heavy atom. The molecule has 1 aliphatic heterocycles. The molecule has 0 bridgehead atoms. The van der Waals surface area contributed by atoms with Crippen LogP contribution in [0, 0.1) is 5.92 Å². The number of likely N-dealkylation sites (tertiary alicyclic amines) is 1. The lowest BCUT2D eigenvalue weighted by molar-refractivity contribution is -0.121. The van der Waals surface area contributed by atoms with E-state index in [1.807, 2.05) is 24.3 Å². The molecule has 1 atom stereocenters. The number of halogens is 1. The van der Waals surface area contributed by atoms with E-state index in [0.29, 0.717) is 23.9 Å². The summed E-state index contributed by atoms with van der Waals surface area (Å²) in [5, 5.41) is 3.69. The maximum atomic E-state index is 12.3. The van der Waals surface area contributed by atoms with Crippen molar-refractivity contribution < 1.29 is 4.79 Å². The summed E-state index contributed by atoms with van der Waals surface area (Å²) >= 11 is 7.41. The number of nitrogens with zero attached hydrogens (tertiary/aromatic N) is 3. The Bertz CT molecular complexity index is 976. The Morgan fingerprint density at radius 1 is 1.21 bits per heavy atom. The third kappa shape index (κ3) is 5.53. The van der Waals surface area contributed by atoms with Crippen molar-refractivity contribution in [3.05, 3.63) is 58.6 Å². The summed E-state index contributed by atoms with van der Waals surface area (Å²) in [4.78, 5) is 14.8. The molecule has 29 heavy (non-hydrogen) atoms. The van der Waals surface area contributed by atoms with Gasteiger partial charge in [0, 0.05) is 31.1 Å². The monoisotopic (exact) mass is 428 g/mol. The van der Waals surface area contributed by atoms with Crippen LogP contribution in [-0.2, 0) is 17.9 Å². The molecule has 0 radical (unpaired) electrons. The van der Waals surface area contributed by atoms with Crippen LogP contribution < -0.4 is 5.32 Å². The van der Waals surface area contributed by atoms with Gasteiger partial charge < -0.3 is 5.32 Å². The topological polar surface area (TPSA) is 58.1 Å². The molecule has 7 heteroatoms. The lowest BCUT2D eigenvalue weighted by atomic mass is 9.93. The highest BCUT2D eigenvalue weighted by Gasteiger charge is 2.21. The van der Waals surface area contributed by atoms with Gasteiger partial charge in [0.1, 0.15) is 11.0 Å². The van der Waals surface area contributed by atoms with Crippen molar-refractivity contribution in [3.63, 3.8) is 0 Å². The second-order valence-corrected chi connectivity index (χ2v) is 8.67. The van der Waals surface area contributed by atoms with Gasteiger partial charge in [0.25, 0.3) is 0 Å². The normalized spacial score (nSPS) is 17.5. The molecule has 2 heterocycles. The molecule has 4 rings (SSSR count). The first-order valence-electron chi connectivity index (χ1n) is 10.1. The lowest BCUT2D eigenvalue weighted by Crippen LogP contribution is -2.35. The smallest absolute Gasteiger partial charge is 0.220 e. The van der Waals surface area contributed by atoms with E-state index in [0.717, 1.165) is 42.7 Å². The molecule has 0 aliphatic carbocycles.